The van der Waals surface area contributed by atoms with Crippen molar-refractivity contribution in [1.29, 1.82) is 0 Å². The van der Waals surface area contributed by atoms with Crippen molar-refractivity contribution < 1.29 is 27.6 Å². The molecule has 0 aliphatic carbocycles. The van der Waals surface area contributed by atoms with Crippen molar-refractivity contribution in [3.63, 3.8) is 0 Å². The summed E-state index contributed by atoms with van der Waals surface area (Å²) in [6, 6.07) is 26.3. The zero-order valence-corrected chi connectivity index (χ0v) is 23.7. The minimum Gasteiger partial charge on any atom is -0.497 e. The second kappa shape index (κ2) is 13.4. The zero-order valence-electron chi connectivity index (χ0n) is 22.8. The number of benzene rings is 4. The Labute approximate surface area is 243 Å². The summed E-state index contributed by atoms with van der Waals surface area (Å²) in [7, 11) is -2.94. The summed E-state index contributed by atoms with van der Waals surface area (Å²) in [5, 5.41) is 15.5. The average molecular weight is 589 g/mol. The molecular weight excluding hydrogens is 560 g/mol. The molecule has 0 aliphatic rings. The molecule has 1 amide bonds. The molecule has 0 aliphatic heterocycles. The van der Waals surface area contributed by atoms with E-state index in [-0.39, 0.29) is 16.3 Å². The summed E-state index contributed by atoms with van der Waals surface area (Å²) in [6.07, 6.45) is 1.40. The first kappa shape index (κ1) is 29.7. The maximum Gasteiger partial charge on any atom is 0.273 e. The van der Waals surface area contributed by atoms with Gasteiger partial charge in [-0.05, 0) is 55.0 Å². The van der Waals surface area contributed by atoms with Crippen LogP contribution < -0.4 is 19.2 Å². The molecule has 0 saturated heterocycles. The molecule has 216 valence electrons. The van der Waals surface area contributed by atoms with Crippen molar-refractivity contribution in [3.05, 3.63) is 124 Å². The van der Waals surface area contributed by atoms with E-state index in [1.165, 1.54) is 56.6 Å². The van der Waals surface area contributed by atoms with Crippen LogP contribution in [0.4, 0.5) is 11.4 Å². The fraction of sp³-hybridized carbons (Fsp3) is 0.133. The highest BCUT2D eigenvalue weighted by Crippen LogP contribution is 2.29. The molecule has 0 bridgehead atoms. The van der Waals surface area contributed by atoms with Crippen molar-refractivity contribution in [1.82, 2.24) is 5.43 Å². The predicted molar refractivity (Wildman–Crippen MR) is 158 cm³/mol. The second-order valence-corrected chi connectivity index (χ2v) is 10.9. The molecule has 0 saturated carbocycles. The van der Waals surface area contributed by atoms with E-state index in [0.29, 0.717) is 29.2 Å². The smallest absolute Gasteiger partial charge is 0.273 e. The van der Waals surface area contributed by atoms with Gasteiger partial charge in [0.25, 0.3) is 21.6 Å². The number of carbonyl (C=O) groups excluding carboxylic acids is 1. The molecule has 4 rings (SSSR count). The van der Waals surface area contributed by atoms with Crippen LogP contribution in [0.2, 0.25) is 0 Å². The number of amides is 1. The Morgan fingerprint density at radius 3 is 2.38 bits per heavy atom. The van der Waals surface area contributed by atoms with Crippen molar-refractivity contribution in [2.75, 3.05) is 18.0 Å². The Morgan fingerprint density at radius 2 is 1.69 bits per heavy atom. The predicted octanol–water partition coefficient (Wildman–Crippen LogP) is 4.84. The van der Waals surface area contributed by atoms with Crippen molar-refractivity contribution in [3.8, 4) is 11.5 Å². The number of hydrogen-bond acceptors (Lipinski definition) is 8. The number of hydrogen-bond donors (Lipinski definition) is 1. The van der Waals surface area contributed by atoms with Gasteiger partial charge in [0.05, 0.1) is 28.8 Å². The third-order valence-corrected chi connectivity index (χ3v) is 7.93. The van der Waals surface area contributed by atoms with E-state index < -0.39 is 27.4 Å². The first-order chi connectivity index (χ1) is 20.2. The lowest BCUT2D eigenvalue weighted by Gasteiger charge is -2.24. The van der Waals surface area contributed by atoms with E-state index in [4.69, 9.17) is 9.47 Å². The van der Waals surface area contributed by atoms with Crippen LogP contribution in [0.25, 0.3) is 0 Å². The molecule has 0 fully saturated rings. The summed E-state index contributed by atoms with van der Waals surface area (Å²) in [5.41, 5.74) is 4.03. The van der Waals surface area contributed by atoms with Gasteiger partial charge in [-0.1, -0.05) is 48.5 Å². The topological polar surface area (TPSA) is 140 Å². The number of nitro groups is 1. The van der Waals surface area contributed by atoms with Crippen molar-refractivity contribution in [2.24, 2.45) is 5.10 Å². The third kappa shape index (κ3) is 7.29. The van der Waals surface area contributed by atoms with E-state index in [1.54, 1.807) is 18.2 Å². The second-order valence-electron chi connectivity index (χ2n) is 9.02. The largest absolute Gasteiger partial charge is 0.497 e. The standard InChI is InChI=1S/C30H28N4O7S/c1-22-12-17-27(18-28(22)34(36)37)42(38,39)33(25-13-15-26(40-2)16-14-25)20-30(35)32-31-19-24-10-6-7-11-29(24)41-21-23-8-4-3-5-9-23/h3-19H,20-21H2,1-2H3,(H,32,35)/b31-19-. The number of rotatable bonds is 12. The molecule has 12 heteroatoms. The van der Waals surface area contributed by atoms with Gasteiger partial charge in [-0.2, -0.15) is 5.10 Å². The summed E-state index contributed by atoms with van der Waals surface area (Å²) in [4.78, 5) is 23.4. The average Bonchev–Trinajstić information content (AvgIpc) is 3.00. The molecule has 0 radical (unpaired) electrons. The maximum atomic E-state index is 13.7. The molecule has 11 nitrogen and oxygen atoms in total. The highest BCUT2D eigenvalue weighted by Gasteiger charge is 2.29. The molecule has 0 heterocycles. The Hall–Kier alpha value is -5.23. The quantitative estimate of drug-likeness (QED) is 0.142. The number of carbonyl (C=O) groups is 1. The number of hydrazone groups is 1. The van der Waals surface area contributed by atoms with Gasteiger partial charge in [-0.15, -0.1) is 0 Å². The molecule has 4 aromatic rings. The van der Waals surface area contributed by atoms with Crippen LogP contribution in [0.5, 0.6) is 11.5 Å². The van der Waals surface area contributed by atoms with Gasteiger partial charge in [-0.3, -0.25) is 19.2 Å². The first-order valence-electron chi connectivity index (χ1n) is 12.7. The zero-order chi connectivity index (χ0) is 30.1. The van der Waals surface area contributed by atoms with E-state index >= 15 is 0 Å². The summed E-state index contributed by atoms with van der Waals surface area (Å²) in [6.45, 7) is 1.19. The molecule has 0 unspecified atom stereocenters. The van der Waals surface area contributed by atoms with E-state index in [9.17, 15) is 23.3 Å². The minimum atomic E-state index is -4.40. The Kier molecular flexibility index (Phi) is 9.50. The van der Waals surface area contributed by atoms with Crippen LogP contribution in [0.15, 0.2) is 107 Å². The highest BCUT2D eigenvalue weighted by molar-refractivity contribution is 7.92. The lowest BCUT2D eigenvalue weighted by Crippen LogP contribution is -2.39. The number of para-hydroxylation sites is 1. The number of methoxy groups -OCH3 is 1. The van der Waals surface area contributed by atoms with Crippen molar-refractivity contribution >= 4 is 33.5 Å². The molecule has 0 atom stereocenters. The number of aryl methyl sites for hydroxylation is 1. The molecule has 0 spiro atoms. The van der Waals surface area contributed by atoms with Gasteiger partial charge in [0.2, 0.25) is 0 Å². The first-order valence-corrected chi connectivity index (χ1v) is 14.1. The van der Waals surface area contributed by atoms with Crippen LogP contribution in [-0.4, -0.2) is 39.1 Å². The highest BCUT2D eigenvalue weighted by atomic mass is 32.2. The minimum absolute atomic E-state index is 0.151. The van der Waals surface area contributed by atoms with Gasteiger partial charge < -0.3 is 9.47 Å². The van der Waals surface area contributed by atoms with E-state index in [1.807, 2.05) is 36.4 Å². The normalized spacial score (nSPS) is 11.2. The van der Waals surface area contributed by atoms with Crippen LogP contribution >= 0.6 is 0 Å². The van der Waals surface area contributed by atoms with Crippen LogP contribution in [0, 0.1) is 17.0 Å². The number of nitrogens with one attached hydrogen (secondary N) is 1. The van der Waals surface area contributed by atoms with E-state index in [0.717, 1.165) is 15.9 Å². The summed E-state index contributed by atoms with van der Waals surface area (Å²) >= 11 is 0. The van der Waals surface area contributed by atoms with Gasteiger partial charge in [0.1, 0.15) is 24.7 Å². The van der Waals surface area contributed by atoms with Gasteiger partial charge in [-0.25, -0.2) is 13.8 Å². The van der Waals surface area contributed by atoms with E-state index in [2.05, 4.69) is 10.5 Å². The number of sulfonamides is 1. The lowest BCUT2D eigenvalue weighted by molar-refractivity contribution is -0.385. The molecule has 4 aromatic carbocycles. The maximum absolute atomic E-state index is 13.7. The van der Waals surface area contributed by atoms with Gasteiger partial charge >= 0.3 is 0 Å². The Bertz CT molecular complexity index is 1690. The Balaban J connectivity index is 1.54. The molecular formula is C30H28N4O7S. The molecule has 42 heavy (non-hydrogen) atoms. The molecule has 1 N–H and O–H groups in total. The molecule has 0 aromatic heterocycles. The monoisotopic (exact) mass is 588 g/mol. The van der Waals surface area contributed by atoms with Crippen molar-refractivity contribution in [2.45, 2.75) is 18.4 Å². The fourth-order valence-electron chi connectivity index (χ4n) is 3.93. The number of anilines is 1. The summed E-state index contributed by atoms with van der Waals surface area (Å²) in [5.74, 6) is 0.280. The SMILES string of the molecule is COc1ccc(N(CC(=O)N/N=C\c2ccccc2OCc2ccccc2)S(=O)(=O)c2ccc(C)c([N+](=O)[O-])c2)cc1. The lowest BCUT2D eigenvalue weighted by atomic mass is 10.2. The van der Waals surface area contributed by atoms with Gasteiger partial charge in [0, 0.05) is 17.2 Å². The number of nitrogens with zero attached hydrogens (tertiary/aromatic N) is 3. The number of nitro benzene ring substituents is 1. The van der Waals surface area contributed by atoms with Gasteiger partial charge in [0.15, 0.2) is 0 Å². The van der Waals surface area contributed by atoms with Crippen LogP contribution in [0.3, 0.4) is 0 Å². The Morgan fingerprint density at radius 1 is 1.00 bits per heavy atom. The third-order valence-electron chi connectivity index (χ3n) is 6.16. The fourth-order valence-corrected chi connectivity index (χ4v) is 5.37. The number of ether oxygens (including phenoxy) is 2. The van der Waals surface area contributed by atoms with Crippen LogP contribution in [-0.2, 0) is 21.4 Å². The van der Waals surface area contributed by atoms with Crippen LogP contribution in [0.1, 0.15) is 16.7 Å². The summed E-state index contributed by atoms with van der Waals surface area (Å²) < 4.78 is 39.3.